The van der Waals surface area contributed by atoms with E-state index in [9.17, 15) is 4.79 Å². The quantitative estimate of drug-likeness (QED) is 0.910. The summed E-state index contributed by atoms with van der Waals surface area (Å²) in [5.41, 5.74) is 4.19. The van der Waals surface area contributed by atoms with Crippen LogP contribution in [0.15, 0.2) is 18.2 Å². The summed E-state index contributed by atoms with van der Waals surface area (Å²) in [7, 11) is 0. The molecule has 0 radical (unpaired) electrons. The Labute approximate surface area is 117 Å². The molecule has 1 amide bonds. The lowest BCUT2D eigenvalue weighted by atomic mass is 10.2. The van der Waals surface area contributed by atoms with Crippen molar-refractivity contribution in [3.8, 4) is 0 Å². The lowest BCUT2D eigenvalue weighted by Gasteiger charge is -2.11. The van der Waals surface area contributed by atoms with E-state index in [4.69, 9.17) is 4.74 Å². The lowest BCUT2D eigenvalue weighted by Crippen LogP contribution is -2.26. The van der Waals surface area contributed by atoms with Crippen molar-refractivity contribution >= 4 is 22.6 Å². The third-order valence-corrected chi connectivity index (χ3v) is 3.56. The molecular formula is C15H17N3O2. The van der Waals surface area contributed by atoms with Gasteiger partial charge in [-0.25, -0.2) is 9.97 Å². The highest BCUT2D eigenvalue weighted by atomic mass is 16.5. The molecule has 0 aliphatic carbocycles. The third-order valence-electron chi connectivity index (χ3n) is 3.56. The van der Waals surface area contributed by atoms with Crippen LogP contribution in [0, 0.1) is 13.8 Å². The van der Waals surface area contributed by atoms with E-state index < -0.39 is 0 Å². The number of anilines is 1. The summed E-state index contributed by atoms with van der Waals surface area (Å²) in [4.78, 5) is 21.0. The molecule has 1 fully saturated rings. The maximum atomic E-state index is 12.0. The Bertz CT molecular complexity index is 663. The molecule has 104 valence electrons. The molecule has 5 nitrogen and oxygen atoms in total. The third kappa shape index (κ3) is 2.49. The highest BCUT2D eigenvalue weighted by Gasteiger charge is 2.23. The molecule has 2 heterocycles. The fourth-order valence-corrected chi connectivity index (χ4v) is 2.32. The van der Waals surface area contributed by atoms with Gasteiger partial charge in [0.05, 0.1) is 22.4 Å². The van der Waals surface area contributed by atoms with Gasteiger partial charge in [-0.3, -0.25) is 4.79 Å². The molecule has 5 heteroatoms. The second-order valence-electron chi connectivity index (χ2n) is 5.09. The molecule has 1 aromatic carbocycles. The van der Waals surface area contributed by atoms with Gasteiger partial charge in [-0.1, -0.05) is 0 Å². The molecule has 3 rings (SSSR count). The molecule has 1 saturated heterocycles. The fraction of sp³-hybridized carbons (Fsp3) is 0.400. The second kappa shape index (κ2) is 5.17. The number of carbonyl (C=O) groups excluding carboxylic acids is 1. The summed E-state index contributed by atoms with van der Waals surface area (Å²) in [5, 5.41) is 2.88. The van der Waals surface area contributed by atoms with Crippen LogP contribution in [0.2, 0.25) is 0 Å². The van der Waals surface area contributed by atoms with Crippen molar-refractivity contribution in [1.29, 1.82) is 0 Å². The number of ether oxygens (including phenoxy) is 1. The molecule has 20 heavy (non-hydrogen) atoms. The van der Waals surface area contributed by atoms with Crippen molar-refractivity contribution in [1.82, 2.24) is 9.97 Å². The molecule has 0 bridgehead atoms. The van der Waals surface area contributed by atoms with Crippen LogP contribution in [0.3, 0.4) is 0 Å². The van der Waals surface area contributed by atoms with E-state index in [0.717, 1.165) is 41.0 Å². The summed E-state index contributed by atoms with van der Waals surface area (Å²) < 4.78 is 5.37. The first-order chi connectivity index (χ1) is 9.63. The number of carbonyl (C=O) groups is 1. The minimum absolute atomic E-state index is 0.0846. The summed E-state index contributed by atoms with van der Waals surface area (Å²) >= 11 is 0. The van der Waals surface area contributed by atoms with Gasteiger partial charge in [0, 0.05) is 12.3 Å². The molecule has 2 aromatic rings. The number of amides is 1. The molecule has 1 unspecified atom stereocenters. The van der Waals surface area contributed by atoms with Gasteiger partial charge in [0.2, 0.25) is 0 Å². The number of rotatable bonds is 2. The van der Waals surface area contributed by atoms with Crippen molar-refractivity contribution in [2.24, 2.45) is 0 Å². The molecule has 0 saturated carbocycles. The SMILES string of the molecule is Cc1nc2ccc(NC(=O)C3CCCO3)cc2nc1C. The molecule has 1 aliphatic rings. The van der Waals surface area contributed by atoms with E-state index in [1.54, 1.807) is 0 Å². The largest absolute Gasteiger partial charge is 0.368 e. The number of aryl methyl sites for hydroxylation is 2. The zero-order valence-corrected chi connectivity index (χ0v) is 11.6. The van der Waals surface area contributed by atoms with Gasteiger partial charge in [0.15, 0.2) is 0 Å². The van der Waals surface area contributed by atoms with Gasteiger partial charge in [-0.15, -0.1) is 0 Å². The van der Waals surface area contributed by atoms with Gasteiger partial charge >= 0.3 is 0 Å². The zero-order chi connectivity index (χ0) is 14.1. The Morgan fingerprint density at radius 1 is 1.25 bits per heavy atom. The lowest BCUT2D eigenvalue weighted by molar-refractivity contribution is -0.124. The van der Waals surface area contributed by atoms with Crippen molar-refractivity contribution in [3.05, 3.63) is 29.6 Å². The molecule has 1 atom stereocenters. The standard InChI is InChI=1S/C15H17N3O2/c1-9-10(2)17-13-8-11(5-6-12(13)16-9)18-15(19)14-4-3-7-20-14/h5-6,8,14H,3-4,7H2,1-2H3,(H,18,19). The summed E-state index contributed by atoms with van der Waals surface area (Å²) in [6.45, 7) is 4.54. The predicted molar refractivity (Wildman–Crippen MR) is 76.6 cm³/mol. The van der Waals surface area contributed by atoms with Crippen molar-refractivity contribution < 1.29 is 9.53 Å². The van der Waals surface area contributed by atoms with Crippen LogP contribution in [0.1, 0.15) is 24.2 Å². The van der Waals surface area contributed by atoms with E-state index in [1.807, 2.05) is 32.0 Å². The molecule has 1 aromatic heterocycles. The number of nitrogens with zero attached hydrogens (tertiary/aromatic N) is 2. The van der Waals surface area contributed by atoms with E-state index in [-0.39, 0.29) is 12.0 Å². The Morgan fingerprint density at radius 2 is 2.00 bits per heavy atom. The maximum Gasteiger partial charge on any atom is 0.253 e. The number of hydrogen-bond acceptors (Lipinski definition) is 4. The van der Waals surface area contributed by atoms with Crippen LogP contribution in [0.5, 0.6) is 0 Å². The second-order valence-corrected chi connectivity index (χ2v) is 5.09. The van der Waals surface area contributed by atoms with Crippen LogP contribution < -0.4 is 5.32 Å². The summed E-state index contributed by atoms with van der Waals surface area (Å²) in [6.07, 6.45) is 1.41. The minimum Gasteiger partial charge on any atom is -0.368 e. The zero-order valence-electron chi connectivity index (χ0n) is 11.6. The molecule has 1 aliphatic heterocycles. The van der Waals surface area contributed by atoms with Crippen LogP contribution >= 0.6 is 0 Å². The average Bonchev–Trinajstić information content (AvgIpc) is 2.94. The summed E-state index contributed by atoms with van der Waals surface area (Å²) in [5.74, 6) is -0.0846. The Morgan fingerprint density at radius 3 is 2.70 bits per heavy atom. The number of hydrogen-bond donors (Lipinski definition) is 1. The van der Waals surface area contributed by atoms with Gasteiger partial charge in [-0.05, 0) is 44.9 Å². The highest BCUT2D eigenvalue weighted by molar-refractivity contribution is 5.95. The van der Waals surface area contributed by atoms with Gasteiger partial charge in [0.25, 0.3) is 5.91 Å². The smallest absolute Gasteiger partial charge is 0.253 e. The predicted octanol–water partition coefficient (Wildman–Crippen LogP) is 2.36. The van der Waals surface area contributed by atoms with Crippen molar-refractivity contribution in [3.63, 3.8) is 0 Å². The Hall–Kier alpha value is -2.01. The van der Waals surface area contributed by atoms with Crippen molar-refractivity contribution in [2.45, 2.75) is 32.8 Å². The Balaban J connectivity index is 1.85. The molecule has 1 N–H and O–H groups in total. The molecule has 0 spiro atoms. The van der Waals surface area contributed by atoms with Crippen LogP contribution in [-0.4, -0.2) is 28.6 Å². The van der Waals surface area contributed by atoms with E-state index >= 15 is 0 Å². The van der Waals surface area contributed by atoms with E-state index in [2.05, 4.69) is 15.3 Å². The fourth-order valence-electron chi connectivity index (χ4n) is 2.32. The molecular weight excluding hydrogens is 254 g/mol. The maximum absolute atomic E-state index is 12.0. The monoisotopic (exact) mass is 271 g/mol. The Kier molecular flexibility index (Phi) is 3.36. The van der Waals surface area contributed by atoms with Gasteiger partial charge in [0.1, 0.15) is 6.10 Å². The first-order valence-electron chi connectivity index (χ1n) is 6.81. The minimum atomic E-state index is -0.323. The average molecular weight is 271 g/mol. The van der Waals surface area contributed by atoms with Crippen LogP contribution in [0.25, 0.3) is 11.0 Å². The summed E-state index contributed by atoms with van der Waals surface area (Å²) in [6, 6.07) is 5.57. The number of aromatic nitrogens is 2. The van der Waals surface area contributed by atoms with Crippen LogP contribution in [-0.2, 0) is 9.53 Å². The highest BCUT2D eigenvalue weighted by Crippen LogP contribution is 2.19. The van der Waals surface area contributed by atoms with E-state index in [0.29, 0.717) is 6.61 Å². The van der Waals surface area contributed by atoms with Crippen molar-refractivity contribution in [2.75, 3.05) is 11.9 Å². The van der Waals surface area contributed by atoms with Crippen LogP contribution in [0.4, 0.5) is 5.69 Å². The first kappa shape index (κ1) is 13.0. The number of benzene rings is 1. The number of nitrogens with one attached hydrogen (secondary N) is 1. The number of fused-ring (bicyclic) bond motifs is 1. The van der Waals surface area contributed by atoms with Gasteiger partial charge < -0.3 is 10.1 Å². The first-order valence-corrected chi connectivity index (χ1v) is 6.81. The van der Waals surface area contributed by atoms with Gasteiger partial charge in [-0.2, -0.15) is 0 Å². The normalized spacial score (nSPS) is 18.4. The topological polar surface area (TPSA) is 64.1 Å². The van der Waals surface area contributed by atoms with E-state index in [1.165, 1.54) is 0 Å².